The van der Waals surface area contributed by atoms with Gasteiger partial charge >= 0.3 is 0 Å². The van der Waals surface area contributed by atoms with Crippen molar-refractivity contribution in [2.24, 2.45) is 0 Å². The van der Waals surface area contributed by atoms with E-state index < -0.39 is 15.6 Å². The van der Waals surface area contributed by atoms with Crippen molar-refractivity contribution < 1.29 is 13.2 Å². The number of hydrogen-bond donors (Lipinski definition) is 1. The van der Waals surface area contributed by atoms with Crippen molar-refractivity contribution in [3.63, 3.8) is 0 Å². The van der Waals surface area contributed by atoms with Crippen LogP contribution >= 0.6 is 11.3 Å². The van der Waals surface area contributed by atoms with E-state index in [0.717, 1.165) is 47.6 Å². The summed E-state index contributed by atoms with van der Waals surface area (Å²) in [4.78, 5) is 18.2. The number of sulfonamides is 1. The van der Waals surface area contributed by atoms with Gasteiger partial charge in [0.25, 0.3) is 0 Å². The van der Waals surface area contributed by atoms with E-state index >= 15 is 0 Å². The second-order valence-electron chi connectivity index (χ2n) is 7.40. The molecule has 2 heterocycles. The molecule has 4 rings (SSSR count). The number of benzene rings is 1. The zero-order valence-corrected chi connectivity index (χ0v) is 17.1. The van der Waals surface area contributed by atoms with Gasteiger partial charge in [-0.05, 0) is 49.9 Å². The van der Waals surface area contributed by atoms with Crippen molar-refractivity contribution in [2.75, 3.05) is 11.4 Å². The summed E-state index contributed by atoms with van der Waals surface area (Å²) < 4.78 is 29.3. The molecular formula is C19H23N3O3S2. The second kappa shape index (κ2) is 6.68. The van der Waals surface area contributed by atoms with Crippen molar-refractivity contribution in [3.05, 3.63) is 39.8 Å². The van der Waals surface area contributed by atoms with E-state index in [4.69, 9.17) is 0 Å². The maximum atomic E-state index is 13.2. The molecule has 2 aliphatic rings. The minimum absolute atomic E-state index is 0.0217. The van der Waals surface area contributed by atoms with Gasteiger partial charge in [-0.25, -0.2) is 13.4 Å². The van der Waals surface area contributed by atoms with Gasteiger partial charge in [0.1, 0.15) is 5.01 Å². The molecule has 27 heavy (non-hydrogen) atoms. The standard InChI is InChI=1S/C19H23N3O3S2/c1-13-12-26-18(20-13)19(8-3-4-9-19)21-27(24,25)16-5-6-17-15(11-16)7-10-22(17)14(2)23/h5-6,11-12,21H,3-4,7-10H2,1-2H3. The van der Waals surface area contributed by atoms with Crippen molar-refractivity contribution in [1.29, 1.82) is 0 Å². The Bertz CT molecular complexity index is 991. The molecule has 1 aromatic carbocycles. The topological polar surface area (TPSA) is 79.4 Å². The first-order valence-corrected chi connectivity index (χ1v) is 11.5. The molecule has 0 atom stereocenters. The fraction of sp³-hybridized carbons (Fsp3) is 0.474. The number of thiazole rings is 1. The van der Waals surface area contributed by atoms with Gasteiger partial charge < -0.3 is 4.90 Å². The summed E-state index contributed by atoms with van der Waals surface area (Å²) in [6.07, 6.45) is 4.18. The summed E-state index contributed by atoms with van der Waals surface area (Å²) in [5.41, 5.74) is 2.02. The molecule has 8 heteroatoms. The molecular weight excluding hydrogens is 382 g/mol. The molecule has 144 valence electrons. The number of carbonyl (C=O) groups is 1. The van der Waals surface area contributed by atoms with Crippen LogP contribution in [0.1, 0.15) is 48.9 Å². The van der Waals surface area contributed by atoms with Crippen LogP contribution in [0.5, 0.6) is 0 Å². The number of nitrogens with one attached hydrogen (secondary N) is 1. The summed E-state index contributed by atoms with van der Waals surface area (Å²) in [6.45, 7) is 4.06. The molecule has 1 fully saturated rings. The number of aryl methyl sites for hydroxylation is 1. The lowest BCUT2D eigenvalue weighted by atomic mass is 10.0. The van der Waals surface area contributed by atoms with Crippen molar-refractivity contribution in [2.45, 2.75) is 56.4 Å². The summed E-state index contributed by atoms with van der Waals surface area (Å²) in [5.74, 6) is -0.0217. The molecule has 0 spiro atoms. The van der Waals surface area contributed by atoms with E-state index in [1.54, 1.807) is 23.1 Å². The Kier molecular flexibility index (Phi) is 4.60. The Labute approximate surface area is 163 Å². The third-order valence-electron chi connectivity index (χ3n) is 5.45. The van der Waals surface area contributed by atoms with Gasteiger partial charge in [0.05, 0.1) is 10.4 Å². The van der Waals surface area contributed by atoms with E-state index in [0.29, 0.717) is 13.0 Å². The van der Waals surface area contributed by atoms with Crippen LogP contribution in [0.4, 0.5) is 5.69 Å². The summed E-state index contributed by atoms with van der Waals surface area (Å²) >= 11 is 1.52. The van der Waals surface area contributed by atoms with E-state index in [9.17, 15) is 13.2 Å². The third kappa shape index (κ3) is 3.30. The first-order chi connectivity index (χ1) is 12.8. The monoisotopic (exact) mass is 405 g/mol. The van der Waals surface area contributed by atoms with Crippen molar-refractivity contribution in [1.82, 2.24) is 9.71 Å². The number of rotatable bonds is 4. The predicted octanol–water partition coefficient (Wildman–Crippen LogP) is 3.11. The summed E-state index contributed by atoms with van der Waals surface area (Å²) in [6, 6.07) is 5.04. The molecule has 0 radical (unpaired) electrons. The van der Waals surface area contributed by atoms with Gasteiger partial charge in [0.2, 0.25) is 15.9 Å². The largest absolute Gasteiger partial charge is 0.312 e. The lowest BCUT2D eigenvalue weighted by Crippen LogP contribution is -2.43. The zero-order chi connectivity index (χ0) is 19.2. The van der Waals surface area contributed by atoms with Gasteiger partial charge in [-0.2, -0.15) is 4.72 Å². The second-order valence-corrected chi connectivity index (χ2v) is 9.94. The minimum atomic E-state index is -3.69. The van der Waals surface area contributed by atoms with Gasteiger partial charge in [-0.3, -0.25) is 4.79 Å². The number of nitrogens with zero attached hydrogens (tertiary/aromatic N) is 2. The van der Waals surface area contributed by atoms with E-state index in [1.165, 1.54) is 18.3 Å². The van der Waals surface area contributed by atoms with Crippen LogP contribution in [0.25, 0.3) is 0 Å². The zero-order valence-electron chi connectivity index (χ0n) is 15.5. The van der Waals surface area contributed by atoms with E-state index in [-0.39, 0.29) is 10.8 Å². The molecule has 1 aromatic heterocycles. The highest BCUT2D eigenvalue weighted by Crippen LogP contribution is 2.41. The Morgan fingerprint density at radius 1 is 1.30 bits per heavy atom. The number of hydrogen-bond acceptors (Lipinski definition) is 5. The van der Waals surface area contributed by atoms with Gasteiger partial charge in [-0.1, -0.05) is 12.8 Å². The van der Waals surface area contributed by atoms with Crippen molar-refractivity contribution >= 4 is 33.0 Å². The fourth-order valence-electron chi connectivity index (χ4n) is 4.10. The normalized spacial score (nSPS) is 18.7. The smallest absolute Gasteiger partial charge is 0.241 e. The quantitative estimate of drug-likeness (QED) is 0.848. The Morgan fingerprint density at radius 2 is 2.04 bits per heavy atom. The molecule has 1 saturated carbocycles. The van der Waals surface area contributed by atoms with Crippen LogP contribution in [0.2, 0.25) is 0 Å². The molecule has 0 bridgehead atoms. The Morgan fingerprint density at radius 3 is 2.67 bits per heavy atom. The van der Waals surface area contributed by atoms with Crippen molar-refractivity contribution in [3.8, 4) is 0 Å². The number of amides is 1. The molecule has 0 saturated heterocycles. The molecule has 0 unspecified atom stereocenters. The van der Waals surface area contributed by atoms with Crippen LogP contribution < -0.4 is 9.62 Å². The minimum Gasteiger partial charge on any atom is -0.312 e. The first-order valence-electron chi connectivity index (χ1n) is 9.18. The molecule has 1 aliphatic heterocycles. The molecule has 2 aromatic rings. The van der Waals surface area contributed by atoms with Gasteiger partial charge in [0.15, 0.2) is 0 Å². The molecule has 1 N–H and O–H groups in total. The van der Waals surface area contributed by atoms with E-state index in [2.05, 4.69) is 9.71 Å². The highest BCUT2D eigenvalue weighted by atomic mass is 32.2. The summed E-state index contributed by atoms with van der Waals surface area (Å²) in [7, 11) is -3.69. The number of carbonyl (C=O) groups excluding carboxylic acids is 1. The van der Waals surface area contributed by atoms with Crippen LogP contribution in [-0.2, 0) is 26.8 Å². The molecule has 6 nitrogen and oxygen atoms in total. The van der Waals surface area contributed by atoms with Gasteiger partial charge in [0, 0.05) is 30.2 Å². The maximum Gasteiger partial charge on any atom is 0.241 e. The van der Waals surface area contributed by atoms with Crippen LogP contribution in [0.3, 0.4) is 0 Å². The number of aromatic nitrogens is 1. The molecule has 1 aliphatic carbocycles. The highest BCUT2D eigenvalue weighted by Gasteiger charge is 2.42. The van der Waals surface area contributed by atoms with Crippen LogP contribution in [0, 0.1) is 6.92 Å². The predicted molar refractivity (Wildman–Crippen MR) is 105 cm³/mol. The Hall–Kier alpha value is -1.77. The van der Waals surface area contributed by atoms with Crippen LogP contribution in [-0.4, -0.2) is 25.9 Å². The molecule has 1 amide bonds. The summed E-state index contributed by atoms with van der Waals surface area (Å²) in [5, 5.41) is 2.82. The average molecular weight is 406 g/mol. The van der Waals surface area contributed by atoms with Gasteiger partial charge in [-0.15, -0.1) is 11.3 Å². The fourth-order valence-corrected chi connectivity index (χ4v) is 6.66. The third-order valence-corrected chi connectivity index (χ3v) is 8.15. The lowest BCUT2D eigenvalue weighted by Gasteiger charge is -2.28. The average Bonchev–Trinajstić information content (AvgIpc) is 3.33. The number of fused-ring (bicyclic) bond motifs is 1. The maximum absolute atomic E-state index is 13.2. The first kappa shape index (κ1) is 18.6. The Balaban J connectivity index is 1.67. The number of anilines is 1. The highest BCUT2D eigenvalue weighted by molar-refractivity contribution is 7.89. The van der Waals surface area contributed by atoms with Crippen LogP contribution in [0.15, 0.2) is 28.5 Å². The van der Waals surface area contributed by atoms with E-state index in [1.807, 2.05) is 12.3 Å². The lowest BCUT2D eigenvalue weighted by molar-refractivity contribution is -0.116. The SMILES string of the molecule is CC(=O)N1CCc2cc(S(=O)(=O)NC3(c4nc(C)cs4)CCCC3)ccc21.